The van der Waals surface area contributed by atoms with Gasteiger partial charge in [-0.15, -0.1) is 11.8 Å². The number of fused-ring (bicyclic) bond motifs is 1. The van der Waals surface area contributed by atoms with Crippen LogP contribution in [0, 0.1) is 0 Å². The monoisotopic (exact) mass is 474 g/mol. The van der Waals surface area contributed by atoms with Crippen molar-refractivity contribution < 1.29 is 4.79 Å². The van der Waals surface area contributed by atoms with Gasteiger partial charge in [-0.1, -0.05) is 43.0 Å². The number of hydrogen-bond acceptors (Lipinski definition) is 4. The van der Waals surface area contributed by atoms with Gasteiger partial charge in [-0.05, 0) is 60.9 Å². The lowest BCUT2D eigenvalue weighted by atomic mass is 10.0. The van der Waals surface area contributed by atoms with Crippen LogP contribution in [-0.4, -0.2) is 35.8 Å². The molecule has 2 aromatic carbocycles. The molecule has 0 radical (unpaired) electrons. The number of anilines is 1. The first-order chi connectivity index (χ1) is 15.2. The average molecular weight is 475 g/mol. The maximum Gasteiger partial charge on any atom is 0.251 e. The van der Waals surface area contributed by atoms with Crippen LogP contribution >= 0.6 is 35.1 Å². The maximum absolute atomic E-state index is 12.7. The normalized spacial score (nSPS) is 16.7. The van der Waals surface area contributed by atoms with Gasteiger partial charge in [0, 0.05) is 46.1 Å². The molecular formula is C25H31ClN2OS2. The van der Waals surface area contributed by atoms with E-state index in [9.17, 15) is 4.79 Å². The highest BCUT2D eigenvalue weighted by Gasteiger charge is 2.20. The molecule has 0 atom stereocenters. The summed E-state index contributed by atoms with van der Waals surface area (Å²) in [6.45, 7) is 2.55. The van der Waals surface area contributed by atoms with E-state index in [4.69, 9.17) is 11.6 Å². The Morgan fingerprint density at radius 1 is 1.13 bits per heavy atom. The molecule has 31 heavy (non-hydrogen) atoms. The molecule has 4 rings (SSSR count). The minimum absolute atomic E-state index is 0.0347. The summed E-state index contributed by atoms with van der Waals surface area (Å²) >= 11 is 9.99. The van der Waals surface area contributed by atoms with E-state index in [2.05, 4.69) is 46.2 Å². The minimum Gasteiger partial charge on any atom is -0.365 e. The van der Waals surface area contributed by atoms with E-state index in [-0.39, 0.29) is 5.91 Å². The van der Waals surface area contributed by atoms with Crippen LogP contribution in [0.25, 0.3) is 0 Å². The molecule has 0 bridgehead atoms. The lowest BCUT2D eigenvalue weighted by molar-refractivity contribution is 0.0953. The first-order valence-corrected chi connectivity index (χ1v) is 13.8. The van der Waals surface area contributed by atoms with E-state index in [1.807, 2.05) is 30.0 Å². The Labute approximate surface area is 199 Å². The van der Waals surface area contributed by atoms with Gasteiger partial charge in [-0.25, -0.2) is 0 Å². The fourth-order valence-electron chi connectivity index (χ4n) is 4.25. The molecule has 1 saturated carbocycles. The van der Waals surface area contributed by atoms with Crippen molar-refractivity contribution in [3.63, 3.8) is 0 Å². The molecule has 166 valence electrons. The summed E-state index contributed by atoms with van der Waals surface area (Å²) in [7, 11) is 0. The summed E-state index contributed by atoms with van der Waals surface area (Å²) in [5.41, 5.74) is 3.14. The molecular weight excluding hydrogens is 444 g/mol. The van der Waals surface area contributed by atoms with E-state index in [1.165, 1.54) is 42.6 Å². The second-order valence-corrected chi connectivity index (χ2v) is 11.3. The highest BCUT2D eigenvalue weighted by atomic mass is 35.5. The highest BCUT2D eigenvalue weighted by molar-refractivity contribution is 8.00. The number of halogens is 1. The van der Waals surface area contributed by atoms with E-state index in [1.54, 1.807) is 0 Å². The van der Waals surface area contributed by atoms with E-state index in [0.29, 0.717) is 0 Å². The number of thioether (sulfide) groups is 2. The largest absolute Gasteiger partial charge is 0.365 e. The van der Waals surface area contributed by atoms with Gasteiger partial charge in [0.2, 0.25) is 0 Å². The SMILES string of the molecule is O=C(NCCCSC1CCCCC1)c1ccc2c(c1)N(Cc1ccc(Cl)cc1)CCS2. The number of carbonyl (C=O) groups is 1. The van der Waals surface area contributed by atoms with Gasteiger partial charge in [0.1, 0.15) is 0 Å². The number of carbonyl (C=O) groups excluding carboxylic acids is 1. The van der Waals surface area contributed by atoms with Crippen molar-refractivity contribution in [2.24, 2.45) is 0 Å². The summed E-state index contributed by atoms with van der Waals surface area (Å²) in [6, 6.07) is 14.1. The maximum atomic E-state index is 12.7. The summed E-state index contributed by atoms with van der Waals surface area (Å²) < 4.78 is 0. The molecule has 1 aliphatic heterocycles. The topological polar surface area (TPSA) is 32.3 Å². The van der Waals surface area contributed by atoms with Crippen LogP contribution in [0.1, 0.15) is 54.4 Å². The van der Waals surface area contributed by atoms with Gasteiger partial charge >= 0.3 is 0 Å². The highest BCUT2D eigenvalue weighted by Crippen LogP contribution is 2.36. The van der Waals surface area contributed by atoms with Crippen molar-refractivity contribution in [2.75, 3.05) is 29.5 Å². The van der Waals surface area contributed by atoms with Crippen LogP contribution in [-0.2, 0) is 6.54 Å². The smallest absolute Gasteiger partial charge is 0.251 e. The Kier molecular flexibility index (Phi) is 8.51. The number of amides is 1. The predicted molar refractivity (Wildman–Crippen MR) is 136 cm³/mol. The molecule has 2 aromatic rings. The lowest BCUT2D eigenvalue weighted by Crippen LogP contribution is -2.30. The van der Waals surface area contributed by atoms with Gasteiger partial charge in [0.05, 0.1) is 5.69 Å². The fraction of sp³-hybridized carbons (Fsp3) is 0.480. The third kappa shape index (κ3) is 6.59. The zero-order valence-electron chi connectivity index (χ0n) is 17.9. The van der Waals surface area contributed by atoms with Crippen LogP contribution in [0.2, 0.25) is 5.02 Å². The Bertz CT molecular complexity index is 868. The minimum atomic E-state index is 0.0347. The second kappa shape index (κ2) is 11.5. The van der Waals surface area contributed by atoms with Crippen LogP contribution in [0.4, 0.5) is 5.69 Å². The zero-order chi connectivity index (χ0) is 21.5. The average Bonchev–Trinajstić information content (AvgIpc) is 2.81. The molecule has 0 aromatic heterocycles. The quantitative estimate of drug-likeness (QED) is 0.434. The molecule has 1 fully saturated rings. The van der Waals surface area contributed by atoms with Crippen molar-refractivity contribution in [3.05, 3.63) is 58.6 Å². The van der Waals surface area contributed by atoms with E-state index >= 15 is 0 Å². The molecule has 2 aliphatic rings. The van der Waals surface area contributed by atoms with Gasteiger partial charge in [0.25, 0.3) is 5.91 Å². The van der Waals surface area contributed by atoms with Crippen LogP contribution in [0.5, 0.6) is 0 Å². The Balaban J connectivity index is 1.30. The van der Waals surface area contributed by atoms with E-state index in [0.717, 1.165) is 59.1 Å². The van der Waals surface area contributed by atoms with E-state index < -0.39 is 0 Å². The Hall–Kier alpha value is -1.30. The second-order valence-electron chi connectivity index (χ2n) is 8.32. The first kappa shape index (κ1) is 22.9. The number of hydrogen-bond donors (Lipinski definition) is 1. The molecule has 1 aliphatic carbocycles. The number of benzene rings is 2. The van der Waals surface area contributed by atoms with Crippen molar-refractivity contribution in [3.8, 4) is 0 Å². The van der Waals surface area contributed by atoms with Gasteiger partial charge in [-0.2, -0.15) is 11.8 Å². The van der Waals surface area contributed by atoms with Gasteiger partial charge in [-0.3, -0.25) is 4.79 Å². The molecule has 0 spiro atoms. The number of rotatable bonds is 8. The third-order valence-corrected chi connectivity index (χ3v) is 8.74. The van der Waals surface area contributed by atoms with Crippen LogP contribution < -0.4 is 10.2 Å². The van der Waals surface area contributed by atoms with Gasteiger partial charge < -0.3 is 10.2 Å². The molecule has 6 heteroatoms. The lowest BCUT2D eigenvalue weighted by Gasteiger charge is -2.31. The predicted octanol–water partition coefficient (Wildman–Crippen LogP) is 6.64. The van der Waals surface area contributed by atoms with Crippen LogP contribution in [0.15, 0.2) is 47.4 Å². The standard InChI is InChI=1S/C25H31ClN2OS2/c26-21-10-7-19(8-11-21)18-28-14-16-31-24-12-9-20(17-23(24)28)25(29)27-13-4-15-30-22-5-2-1-3-6-22/h7-12,17,22H,1-6,13-16,18H2,(H,27,29). The third-order valence-electron chi connectivity index (χ3n) is 5.98. The number of nitrogens with zero attached hydrogens (tertiary/aromatic N) is 1. The van der Waals surface area contributed by atoms with Crippen molar-refractivity contribution in [1.82, 2.24) is 5.32 Å². The molecule has 0 unspecified atom stereocenters. The fourth-order valence-corrected chi connectivity index (χ4v) is 6.72. The molecule has 1 heterocycles. The zero-order valence-corrected chi connectivity index (χ0v) is 20.3. The summed E-state index contributed by atoms with van der Waals surface area (Å²) in [5.74, 6) is 2.23. The summed E-state index contributed by atoms with van der Waals surface area (Å²) in [6.07, 6.45) is 7.97. The van der Waals surface area contributed by atoms with Crippen molar-refractivity contribution >= 4 is 46.7 Å². The molecule has 0 saturated heterocycles. The summed E-state index contributed by atoms with van der Waals surface area (Å²) in [5, 5.41) is 4.72. The first-order valence-electron chi connectivity index (χ1n) is 11.3. The van der Waals surface area contributed by atoms with Crippen molar-refractivity contribution in [2.45, 2.75) is 55.2 Å². The molecule has 1 N–H and O–H groups in total. The molecule has 3 nitrogen and oxygen atoms in total. The summed E-state index contributed by atoms with van der Waals surface area (Å²) in [4.78, 5) is 16.4. The molecule has 1 amide bonds. The number of nitrogens with one attached hydrogen (secondary N) is 1. The Morgan fingerprint density at radius 2 is 1.94 bits per heavy atom. The van der Waals surface area contributed by atoms with Crippen molar-refractivity contribution in [1.29, 1.82) is 0 Å². The Morgan fingerprint density at radius 3 is 2.74 bits per heavy atom. The van der Waals surface area contributed by atoms with Gasteiger partial charge in [0.15, 0.2) is 0 Å². The van der Waals surface area contributed by atoms with Crippen LogP contribution in [0.3, 0.4) is 0 Å².